The molecule has 0 aliphatic carbocycles. The van der Waals surface area contributed by atoms with Crippen molar-refractivity contribution in [3.05, 3.63) is 0 Å². The van der Waals surface area contributed by atoms with Gasteiger partial charge in [0.2, 0.25) is 0 Å². The molecule has 0 amide bonds. The van der Waals surface area contributed by atoms with Crippen LogP contribution in [0.5, 0.6) is 0 Å². The van der Waals surface area contributed by atoms with Gasteiger partial charge in [-0.25, -0.2) is 0 Å². The molecular formula is C8H16N3OP. The Morgan fingerprint density at radius 3 is 2.69 bits per heavy atom. The Kier molecular flexibility index (Phi) is 2.30. The molecule has 1 unspecified atom stereocenters. The highest BCUT2D eigenvalue weighted by Crippen LogP contribution is 2.38. The third-order valence-electron chi connectivity index (χ3n) is 2.82. The molecule has 13 heavy (non-hydrogen) atoms. The van der Waals surface area contributed by atoms with Crippen molar-refractivity contribution >= 4 is 15.1 Å². The van der Waals surface area contributed by atoms with Gasteiger partial charge in [-0.3, -0.25) is 9.57 Å². The quantitative estimate of drug-likeness (QED) is 0.442. The first kappa shape index (κ1) is 9.38. The zero-order valence-electron chi connectivity index (χ0n) is 8.16. The third kappa shape index (κ3) is 1.47. The van der Waals surface area contributed by atoms with E-state index in [1.54, 1.807) is 7.11 Å². The normalized spacial score (nSPS) is 31.2. The van der Waals surface area contributed by atoms with Crippen molar-refractivity contribution in [2.75, 3.05) is 40.3 Å². The lowest BCUT2D eigenvalue weighted by atomic mass is 9.79. The van der Waals surface area contributed by atoms with E-state index in [-0.39, 0.29) is 5.41 Å². The van der Waals surface area contributed by atoms with Crippen molar-refractivity contribution in [2.24, 2.45) is 10.6 Å². The maximum atomic E-state index is 4.88. The van der Waals surface area contributed by atoms with Gasteiger partial charge in [-0.1, -0.05) is 14.5 Å². The summed E-state index contributed by atoms with van der Waals surface area (Å²) in [5.74, 6) is 0. The number of hydrogen-bond donors (Lipinski definition) is 0. The van der Waals surface area contributed by atoms with E-state index < -0.39 is 0 Å². The highest BCUT2D eigenvalue weighted by atomic mass is 31.0. The SMILES string of the molecule is CO/N=C1/CN(C)CC12CN(P)C2. The maximum absolute atomic E-state index is 4.88. The van der Waals surface area contributed by atoms with Crippen LogP contribution >= 0.6 is 9.39 Å². The summed E-state index contributed by atoms with van der Waals surface area (Å²) in [5, 5.41) is 4.12. The first-order chi connectivity index (χ1) is 6.16. The summed E-state index contributed by atoms with van der Waals surface area (Å²) >= 11 is 0. The van der Waals surface area contributed by atoms with Crippen LogP contribution in [0.3, 0.4) is 0 Å². The van der Waals surface area contributed by atoms with Crippen LogP contribution < -0.4 is 0 Å². The lowest BCUT2D eigenvalue weighted by Gasteiger charge is -2.45. The first-order valence-electron chi connectivity index (χ1n) is 4.45. The minimum Gasteiger partial charge on any atom is -0.399 e. The van der Waals surface area contributed by atoms with Crippen LogP contribution in [0.25, 0.3) is 0 Å². The lowest BCUT2D eigenvalue weighted by Crippen LogP contribution is -2.56. The second-order valence-electron chi connectivity index (χ2n) is 4.08. The van der Waals surface area contributed by atoms with Gasteiger partial charge in [-0.05, 0) is 7.05 Å². The van der Waals surface area contributed by atoms with E-state index in [1.807, 2.05) is 0 Å². The summed E-state index contributed by atoms with van der Waals surface area (Å²) < 4.78 is 2.24. The van der Waals surface area contributed by atoms with Gasteiger partial charge in [0, 0.05) is 26.2 Å². The van der Waals surface area contributed by atoms with E-state index in [0.717, 1.165) is 26.2 Å². The average molecular weight is 201 g/mol. The predicted octanol–water partition coefficient (Wildman–Crippen LogP) is 0.0263. The Balaban J connectivity index is 2.13. The largest absolute Gasteiger partial charge is 0.399 e. The molecule has 2 heterocycles. The van der Waals surface area contributed by atoms with Crippen LogP contribution in [-0.2, 0) is 4.84 Å². The highest BCUT2D eigenvalue weighted by Gasteiger charge is 2.50. The fourth-order valence-electron chi connectivity index (χ4n) is 2.34. The van der Waals surface area contributed by atoms with Crippen LogP contribution in [0.2, 0.25) is 0 Å². The molecule has 0 aromatic carbocycles. The molecule has 0 saturated carbocycles. The molecule has 1 atom stereocenters. The first-order valence-corrected chi connectivity index (χ1v) is 4.97. The molecule has 2 fully saturated rings. The second-order valence-corrected chi connectivity index (χ2v) is 4.81. The minimum absolute atomic E-state index is 0.284. The van der Waals surface area contributed by atoms with Gasteiger partial charge in [0.1, 0.15) is 7.11 Å². The van der Waals surface area contributed by atoms with Crippen LogP contribution in [0.15, 0.2) is 5.16 Å². The van der Waals surface area contributed by atoms with Crippen LogP contribution in [0, 0.1) is 5.41 Å². The van der Waals surface area contributed by atoms with Crippen molar-refractivity contribution in [1.82, 2.24) is 9.57 Å². The minimum atomic E-state index is 0.284. The van der Waals surface area contributed by atoms with E-state index >= 15 is 0 Å². The molecule has 4 nitrogen and oxygen atoms in total. The molecule has 2 saturated heterocycles. The number of rotatable bonds is 1. The van der Waals surface area contributed by atoms with Crippen molar-refractivity contribution in [3.63, 3.8) is 0 Å². The smallest absolute Gasteiger partial charge is 0.106 e. The fourth-order valence-corrected chi connectivity index (χ4v) is 3.04. The summed E-state index contributed by atoms with van der Waals surface area (Å²) in [6.45, 7) is 4.24. The van der Waals surface area contributed by atoms with E-state index in [1.165, 1.54) is 5.71 Å². The van der Waals surface area contributed by atoms with Crippen LogP contribution in [-0.4, -0.2) is 55.6 Å². The molecule has 1 spiro atoms. The predicted molar refractivity (Wildman–Crippen MR) is 55.7 cm³/mol. The summed E-state index contributed by atoms with van der Waals surface area (Å²) in [7, 11) is 6.48. The third-order valence-corrected chi connectivity index (χ3v) is 3.18. The standard InChI is InChI=1S/C8H16N3OP/c1-10-3-7(9-12-2)8(4-10)5-11(13)6-8/h3-6,13H2,1-2H3/b9-7-. The van der Waals surface area contributed by atoms with Gasteiger partial charge in [-0.2, -0.15) is 0 Å². The number of nitrogens with zero attached hydrogens (tertiary/aromatic N) is 3. The number of hydrogen-bond acceptors (Lipinski definition) is 4. The van der Waals surface area contributed by atoms with Crippen LogP contribution in [0.4, 0.5) is 0 Å². The topological polar surface area (TPSA) is 28.1 Å². The summed E-state index contributed by atoms with van der Waals surface area (Å²) in [6, 6.07) is 0. The van der Waals surface area contributed by atoms with Gasteiger partial charge >= 0.3 is 0 Å². The summed E-state index contributed by atoms with van der Waals surface area (Å²) in [4.78, 5) is 7.18. The van der Waals surface area contributed by atoms with E-state index in [2.05, 4.69) is 31.2 Å². The Morgan fingerprint density at radius 2 is 2.15 bits per heavy atom. The molecule has 74 valence electrons. The van der Waals surface area contributed by atoms with Gasteiger partial charge < -0.3 is 4.84 Å². The molecule has 2 aliphatic rings. The van der Waals surface area contributed by atoms with Gasteiger partial charge in [-0.15, -0.1) is 0 Å². The molecular weight excluding hydrogens is 185 g/mol. The molecule has 0 bridgehead atoms. The van der Waals surface area contributed by atoms with E-state index in [4.69, 9.17) is 4.84 Å². The van der Waals surface area contributed by atoms with E-state index in [0.29, 0.717) is 0 Å². The van der Waals surface area contributed by atoms with Gasteiger partial charge in [0.15, 0.2) is 0 Å². The zero-order valence-corrected chi connectivity index (χ0v) is 9.31. The molecule has 0 N–H and O–H groups in total. The fraction of sp³-hybridized carbons (Fsp3) is 0.875. The zero-order chi connectivity index (χ0) is 9.47. The molecule has 2 rings (SSSR count). The molecule has 5 heteroatoms. The van der Waals surface area contributed by atoms with Gasteiger partial charge in [0.05, 0.1) is 11.1 Å². The van der Waals surface area contributed by atoms with Crippen LogP contribution in [0.1, 0.15) is 0 Å². The van der Waals surface area contributed by atoms with Crippen molar-refractivity contribution < 1.29 is 4.84 Å². The number of likely N-dealkylation sites (tertiary alicyclic amines) is 1. The van der Waals surface area contributed by atoms with E-state index in [9.17, 15) is 0 Å². The van der Waals surface area contributed by atoms with Crippen molar-refractivity contribution in [1.29, 1.82) is 0 Å². The van der Waals surface area contributed by atoms with Gasteiger partial charge in [0.25, 0.3) is 0 Å². The Labute approximate surface area is 81.2 Å². The molecule has 2 aliphatic heterocycles. The van der Waals surface area contributed by atoms with Crippen molar-refractivity contribution in [2.45, 2.75) is 0 Å². The molecule has 0 aromatic heterocycles. The monoisotopic (exact) mass is 201 g/mol. The molecule has 0 aromatic rings. The maximum Gasteiger partial charge on any atom is 0.106 e. The second kappa shape index (κ2) is 3.19. The molecule has 0 radical (unpaired) electrons. The average Bonchev–Trinajstić information content (AvgIpc) is 2.28. The number of oxime groups is 1. The van der Waals surface area contributed by atoms with Crippen molar-refractivity contribution in [3.8, 4) is 0 Å². The Hall–Kier alpha value is -0.180. The summed E-state index contributed by atoms with van der Waals surface area (Å²) in [5.41, 5.74) is 1.49. The Morgan fingerprint density at radius 1 is 1.46 bits per heavy atom. The highest BCUT2D eigenvalue weighted by molar-refractivity contribution is 7.13. The lowest BCUT2D eigenvalue weighted by molar-refractivity contribution is 0.134. The Bertz CT molecular complexity index is 238. The summed E-state index contributed by atoms with van der Waals surface area (Å²) in [6.07, 6.45) is 0.